The molecule has 0 amide bonds. The van der Waals surface area contributed by atoms with Crippen molar-refractivity contribution in [3.63, 3.8) is 0 Å². The highest BCUT2D eigenvalue weighted by Crippen LogP contribution is 2.37. The molecule has 3 rings (SSSR count). The molecule has 1 aliphatic rings. The second kappa shape index (κ2) is 8.75. The van der Waals surface area contributed by atoms with Crippen LogP contribution in [0.2, 0.25) is 5.02 Å². The minimum atomic E-state index is 0.515. The van der Waals surface area contributed by atoms with E-state index in [4.69, 9.17) is 21.1 Å². The largest absolute Gasteiger partial charge is 0.493 e. The van der Waals surface area contributed by atoms with Crippen molar-refractivity contribution in [2.24, 2.45) is 0 Å². The molecule has 1 saturated carbocycles. The van der Waals surface area contributed by atoms with Gasteiger partial charge in [0, 0.05) is 10.4 Å². The Morgan fingerprint density at radius 1 is 1.25 bits per heavy atom. The molecule has 1 aromatic carbocycles. The van der Waals surface area contributed by atoms with E-state index < -0.39 is 0 Å². The first-order valence-corrected chi connectivity index (χ1v) is 9.87. The van der Waals surface area contributed by atoms with Crippen molar-refractivity contribution >= 4 is 22.9 Å². The van der Waals surface area contributed by atoms with Crippen molar-refractivity contribution < 1.29 is 14.8 Å². The second-order valence-electron chi connectivity index (χ2n) is 6.31. The highest BCUT2D eigenvalue weighted by molar-refractivity contribution is 7.09. The number of methoxy groups -OCH3 is 1. The van der Waals surface area contributed by atoms with Gasteiger partial charge in [0.1, 0.15) is 13.2 Å². The van der Waals surface area contributed by atoms with Crippen LogP contribution < -0.4 is 14.8 Å². The van der Waals surface area contributed by atoms with Gasteiger partial charge in [0.25, 0.3) is 0 Å². The van der Waals surface area contributed by atoms with Crippen molar-refractivity contribution in [3.05, 3.63) is 45.1 Å². The number of nitrogens with two attached hydrogens (primary N) is 1. The number of hydrogen-bond acceptors (Lipinski definition) is 3. The van der Waals surface area contributed by atoms with Crippen molar-refractivity contribution in [3.8, 4) is 11.5 Å². The van der Waals surface area contributed by atoms with E-state index in [1.807, 2.05) is 17.5 Å². The molecule has 0 bridgehead atoms. The Bertz CT molecular complexity index is 639. The fraction of sp³-hybridized carbons (Fsp3) is 0.474. The van der Waals surface area contributed by atoms with Gasteiger partial charge in [-0.25, -0.2) is 0 Å². The maximum Gasteiger partial charge on any atom is 0.180 e. The monoisotopic (exact) mass is 366 g/mol. The molecule has 2 aromatic rings. The molecule has 0 saturated heterocycles. The van der Waals surface area contributed by atoms with Gasteiger partial charge in [0.2, 0.25) is 0 Å². The molecule has 1 aromatic heterocycles. The third kappa shape index (κ3) is 4.65. The quantitative estimate of drug-likeness (QED) is 0.788. The van der Waals surface area contributed by atoms with E-state index in [0.29, 0.717) is 23.1 Å². The molecule has 0 radical (unpaired) electrons. The van der Waals surface area contributed by atoms with E-state index in [9.17, 15) is 0 Å². The Balaban J connectivity index is 1.64. The second-order valence-corrected chi connectivity index (χ2v) is 7.75. The minimum Gasteiger partial charge on any atom is -0.493 e. The van der Waals surface area contributed by atoms with Crippen molar-refractivity contribution in [1.29, 1.82) is 0 Å². The van der Waals surface area contributed by atoms with Gasteiger partial charge in [0.05, 0.1) is 18.2 Å². The fourth-order valence-electron chi connectivity index (χ4n) is 3.24. The van der Waals surface area contributed by atoms with Crippen LogP contribution in [0.25, 0.3) is 0 Å². The highest BCUT2D eigenvalue weighted by Gasteiger charge is 2.18. The minimum absolute atomic E-state index is 0.515. The average Bonchev–Trinajstić information content (AvgIpc) is 3.13. The predicted molar refractivity (Wildman–Crippen MR) is 99.2 cm³/mol. The molecule has 0 atom stereocenters. The van der Waals surface area contributed by atoms with Crippen LogP contribution in [0.15, 0.2) is 29.6 Å². The lowest BCUT2D eigenvalue weighted by Gasteiger charge is -2.20. The van der Waals surface area contributed by atoms with Crippen LogP contribution in [0.1, 0.15) is 42.5 Å². The number of hydrogen-bond donors (Lipinski definition) is 1. The van der Waals surface area contributed by atoms with Crippen molar-refractivity contribution in [2.75, 3.05) is 7.11 Å². The fourth-order valence-corrected chi connectivity index (χ4v) is 4.15. The van der Waals surface area contributed by atoms with Gasteiger partial charge in [-0.15, -0.1) is 11.3 Å². The summed E-state index contributed by atoms with van der Waals surface area (Å²) >= 11 is 8.13. The van der Waals surface area contributed by atoms with Crippen LogP contribution in [0, 0.1) is 0 Å². The topological polar surface area (TPSA) is 35.1 Å². The van der Waals surface area contributed by atoms with E-state index in [1.54, 1.807) is 18.4 Å². The van der Waals surface area contributed by atoms with Gasteiger partial charge in [-0.3, -0.25) is 0 Å². The number of benzene rings is 1. The number of rotatable bonds is 7. The molecule has 0 aliphatic heterocycles. The van der Waals surface area contributed by atoms with E-state index in [2.05, 4.69) is 17.4 Å². The SMILES string of the molecule is COc1cc(C[NH2+]C2CCCCC2)cc(Cl)c1OCc1cccs1. The van der Waals surface area contributed by atoms with E-state index in [-0.39, 0.29) is 0 Å². The Morgan fingerprint density at radius 3 is 2.79 bits per heavy atom. The van der Waals surface area contributed by atoms with Crippen LogP contribution in [-0.4, -0.2) is 13.2 Å². The summed E-state index contributed by atoms with van der Waals surface area (Å²) in [5.41, 5.74) is 1.19. The molecule has 0 unspecified atom stereocenters. The normalized spacial score (nSPS) is 15.4. The maximum absolute atomic E-state index is 6.46. The summed E-state index contributed by atoms with van der Waals surface area (Å²) in [6, 6.07) is 8.88. The summed E-state index contributed by atoms with van der Waals surface area (Å²) in [4.78, 5) is 1.17. The summed E-state index contributed by atoms with van der Waals surface area (Å²) < 4.78 is 11.4. The Morgan fingerprint density at radius 2 is 2.08 bits per heavy atom. The third-order valence-electron chi connectivity index (χ3n) is 4.56. The Kier molecular flexibility index (Phi) is 6.41. The first-order chi connectivity index (χ1) is 11.8. The number of halogens is 1. The van der Waals surface area contributed by atoms with Crippen molar-refractivity contribution in [2.45, 2.75) is 51.3 Å². The molecule has 24 heavy (non-hydrogen) atoms. The van der Waals surface area contributed by atoms with Crippen LogP contribution in [0.3, 0.4) is 0 Å². The van der Waals surface area contributed by atoms with Gasteiger partial charge in [0.15, 0.2) is 11.5 Å². The van der Waals surface area contributed by atoms with Gasteiger partial charge in [-0.05, 0) is 49.3 Å². The van der Waals surface area contributed by atoms with Gasteiger partial charge < -0.3 is 14.8 Å². The highest BCUT2D eigenvalue weighted by atomic mass is 35.5. The molecule has 1 fully saturated rings. The number of thiophene rings is 1. The molecule has 1 heterocycles. The van der Waals surface area contributed by atoms with Crippen LogP contribution in [0.4, 0.5) is 0 Å². The smallest absolute Gasteiger partial charge is 0.180 e. The molecule has 2 N–H and O–H groups in total. The number of quaternary nitrogens is 1. The molecular weight excluding hydrogens is 342 g/mol. The van der Waals surface area contributed by atoms with E-state index >= 15 is 0 Å². The predicted octanol–water partition coefficient (Wildman–Crippen LogP) is 4.39. The zero-order chi connectivity index (χ0) is 16.8. The Labute approximate surface area is 152 Å². The first-order valence-electron chi connectivity index (χ1n) is 8.61. The third-order valence-corrected chi connectivity index (χ3v) is 5.70. The van der Waals surface area contributed by atoms with Crippen LogP contribution in [-0.2, 0) is 13.2 Å². The summed E-state index contributed by atoms with van der Waals surface area (Å²) in [6.07, 6.45) is 6.77. The van der Waals surface area contributed by atoms with E-state index in [1.165, 1.54) is 42.5 Å². The average molecular weight is 367 g/mol. The molecule has 5 heteroatoms. The van der Waals surface area contributed by atoms with Gasteiger partial charge in [-0.2, -0.15) is 0 Å². The first kappa shape index (κ1) is 17.6. The van der Waals surface area contributed by atoms with Gasteiger partial charge >= 0.3 is 0 Å². The van der Waals surface area contributed by atoms with Crippen LogP contribution in [0.5, 0.6) is 11.5 Å². The Hall–Kier alpha value is -1.23. The van der Waals surface area contributed by atoms with E-state index in [0.717, 1.165) is 12.6 Å². The van der Waals surface area contributed by atoms with Crippen molar-refractivity contribution in [1.82, 2.24) is 0 Å². The van der Waals surface area contributed by atoms with Crippen LogP contribution >= 0.6 is 22.9 Å². The lowest BCUT2D eigenvalue weighted by Crippen LogP contribution is -2.88. The lowest BCUT2D eigenvalue weighted by molar-refractivity contribution is -0.706. The molecule has 0 spiro atoms. The molecule has 130 valence electrons. The number of ether oxygens (including phenoxy) is 2. The molecule has 3 nitrogen and oxygen atoms in total. The molecule has 1 aliphatic carbocycles. The summed E-state index contributed by atoms with van der Waals surface area (Å²) in [5, 5.41) is 5.11. The summed E-state index contributed by atoms with van der Waals surface area (Å²) in [7, 11) is 1.66. The zero-order valence-electron chi connectivity index (χ0n) is 14.1. The summed E-state index contributed by atoms with van der Waals surface area (Å²) in [6.45, 7) is 1.45. The lowest BCUT2D eigenvalue weighted by atomic mass is 9.95. The maximum atomic E-state index is 6.46. The van der Waals surface area contributed by atoms with Gasteiger partial charge in [-0.1, -0.05) is 24.1 Å². The standard InChI is InChI=1S/C19H24ClNO2S/c1-22-18-11-14(12-21-15-6-3-2-4-7-15)10-17(20)19(18)23-13-16-8-5-9-24-16/h5,8-11,15,21H,2-4,6-7,12-13H2,1H3/p+1. The summed E-state index contributed by atoms with van der Waals surface area (Å²) in [5.74, 6) is 1.35. The molecular formula is C19H25ClNO2S+. The zero-order valence-corrected chi connectivity index (χ0v) is 15.7.